The topological polar surface area (TPSA) is 40.5 Å². The number of hydrogen-bond donors (Lipinski definition) is 1. The summed E-state index contributed by atoms with van der Waals surface area (Å²) >= 11 is 0. The molecule has 4 nitrogen and oxygen atoms in total. The van der Waals surface area contributed by atoms with Crippen LogP contribution in [-0.2, 0) is 6.42 Å². The highest BCUT2D eigenvalue weighted by atomic mass is 15.3. The zero-order valence-corrected chi connectivity index (χ0v) is 14.6. The zero-order valence-electron chi connectivity index (χ0n) is 14.6. The van der Waals surface area contributed by atoms with Gasteiger partial charge >= 0.3 is 0 Å². The van der Waals surface area contributed by atoms with E-state index in [-0.39, 0.29) is 0 Å². The number of aliphatic imine (C=N–C) groups is 1. The van der Waals surface area contributed by atoms with E-state index >= 15 is 0 Å². The lowest BCUT2D eigenvalue weighted by molar-refractivity contribution is 0.203. The average Bonchev–Trinajstić information content (AvgIpc) is 2.97. The molecule has 0 atom stereocenters. The van der Waals surface area contributed by atoms with E-state index < -0.39 is 0 Å². The average molecular weight is 314 g/mol. The van der Waals surface area contributed by atoms with E-state index in [2.05, 4.69) is 33.2 Å². The highest BCUT2D eigenvalue weighted by Gasteiger charge is 2.39. The number of nitrogens with zero attached hydrogens (tertiary/aromatic N) is 3. The zero-order chi connectivity index (χ0) is 16.1. The van der Waals surface area contributed by atoms with Crippen LogP contribution in [-0.4, -0.2) is 42.5 Å². The van der Waals surface area contributed by atoms with Gasteiger partial charge in [0.05, 0.1) is 0 Å². The van der Waals surface area contributed by atoms with Crippen LogP contribution < -0.4 is 5.32 Å². The van der Waals surface area contributed by atoms with Crippen LogP contribution in [0.25, 0.3) is 0 Å². The summed E-state index contributed by atoms with van der Waals surface area (Å²) in [6, 6.07) is 2.12. The minimum Gasteiger partial charge on any atom is -0.356 e. The Hall–Kier alpha value is -1.58. The summed E-state index contributed by atoms with van der Waals surface area (Å²) in [5.41, 5.74) is 3.22. The molecular formula is C19H30N4. The summed E-state index contributed by atoms with van der Waals surface area (Å²) < 4.78 is 0. The van der Waals surface area contributed by atoms with E-state index in [1.54, 1.807) is 0 Å². The maximum absolute atomic E-state index is 4.52. The Balaban J connectivity index is 1.52. The van der Waals surface area contributed by atoms with Crippen LogP contribution in [0, 0.1) is 12.3 Å². The maximum Gasteiger partial charge on any atom is 0.193 e. The lowest BCUT2D eigenvalue weighted by atomic mass is 9.73. The third-order valence-electron chi connectivity index (χ3n) is 5.68. The van der Waals surface area contributed by atoms with Crippen molar-refractivity contribution in [1.29, 1.82) is 0 Å². The first-order valence-corrected chi connectivity index (χ1v) is 9.08. The predicted molar refractivity (Wildman–Crippen MR) is 95.7 cm³/mol. The molecule has 126 valence electrons. The van der Waals surface area contributed by atoms with Gasteiger partial charge in [-0.25, -0.2) is 0 Å². The summed E-state index contributed by atoms with van der Waals surface area (Å²) in [6.45, 7) is 5.42. The first-order chi connectivity index (χ1) is 11.2. The quantitative estimate of drug-likeness (QED) is 0.688. The number of hydrogen-bond acceptors (Lipinski definition) is 2. The van der Waals surface area contributed by atoms with Gasteiger partial charge in [-0.2, -0.15) is 0 Å². The lowest BCUT2D eigenvalue weighted by Crippen LogP contribution is -2.42. The minimum absolute atomic E-state index is 0.581. The summed E-state index contributed by atoms with van der Waals surface area (Å²) in [6.07, 6.45) is 13.3. The van der Waals surface area contributed by atoms with Gasteiger partial charge in [0, 0.05) is 39.1 Å². The molecule has 0 unspecified atom stereocenters. The molecule has 1 saturated heterocycles. The van der Waals surface area contributed by atoms with Gasteiger partial charge < -0.3 is 10.2 Å². The Bertz CT molecular complexity index is 546. The van der Waals surface area contributed by atoms with Gasteiger partial charge in [-0.3, -0.25) is 9.98 Å². The van der Waals surface area contributed by atoms with Gasteiger partial charge in [-0.15, -0.1) is 0 Å². The molecule has 1 aliphatic carbocycles. The third-order valence-corrected chi connectivity index (χ3v) is 5.68. The molecule has 1 spiro atoms. The molecule has 1 aromatic rings. The van der Waals surface area contributed by atoms with Crippen molar-refractivity contribution < 1.29 is 0 Å². The molecule has 0 radical (unpaired) electrons. The van der Waals surface area contributed by atoms with Crippen LogP contribution in [0.3, 0.4) is 0 Å². The Morgan fingerprint density at radius 1 is 1.30 bits per heavy atom. The molecule has 0 aromatic carbocycles. The molecule has 4 heteroatoms. The number of aryl methyl sites for hydroxylation is 1. The highest BCUT2D eigenvalue weighted by Crippen LogP contribution is 2.43. The number of aromatic nitrogens is 1. The number of pyridine rings is 1. The van der Waals surface area contributed by atoms with Gasteiger partial charge in [-0.1, -0.05) is 19.3 Å². The molecule has 1 saturated carbocycles. The van der Waals surface area contributed by atoms with Gasteiger partial charge in [0.25, 0.3) is 0 Å². The Morgan fingerprint density at radius 2 is 2.13 bits per heavy atom. The highest BCUT2D eigenvalue weighted by molar-refractivity contribution is 5.80. The van der Waals surface area contributed by atoms with E-state index in [0.29, 0.717) is 5.41 Å². The molecule has 2 fully saturated rings. The molecule has 1 aromatic heterocycles. The fourth-order valence-corrected chi connectivity index (χ4v) is 4.25. The first kappa shape index (κ1) is 16.3. The summed E-state index contributed by atoms with van der Waals surface area (Å²) in [4.78, 5) is 11.2. The van der Waals surface area contributed by atoms with Crippen LogP contribution in [0.5, 0.6) is 0 Å². The third kappa shape index (κ3) is 3.85. The van der Waals surface area contributed by atoms with Gasteiger partial charge in [-0.05, 0) is 55.2 Å². The first-order valence-electron chi connectivity index (χ1n) is 9.08. The van der Waals surface area contributed by atoms with Crippen molar-refractivity contribution >= 4 is 5.96 Å². The van der Waals surface area contributed by atoms with Crippen molar-refractivity contribution in [3.63, 3.8) is 0 Å². The lowest BCUT2D eigenvalue weighted by Gasteiger charge is -2.33. The van der Waals surface area contributed by atoms with E-state index in [9.17, 15) is 0 Å². The van der Waals surface area contributed by atoms with Gasteiger partial charge in [0.15, 0.2) is 5.96 Å². The molecule has 3 rings (SSSR count). The fourth-order valence-electron chi connectivity index (χ4n) is 4.25. The standard InChI is InChI=1S/C19H30N4/c1-16-14-21-11-6-17(16)7-12-22-18(20-2)23-13-10-19(15-23)8-4-3-5-9-19/h6,11,14H,3-5,7-10,12-13,15H2,1-2H3,(H,20,22). The summed E-state index contributed by atoms with van der Waals surface area (Å²) in [5.74, 6) is 1.08. The molecule has 1 N–H and O–H groups in total. The Labute approximate surface area is 140 Å². The van der Waals surface area contributed by atoms with Gasteiger partial charge in [0.1, 0.15) is 0 Å². The SMILES string of the molecule is CN=C(NCCc1ccncc1C)N1CCC2(CCCCC2)C1. The van der Waals surface area contributed by atoms with Crippen LogP contribution in [0.1, 0.15) is 49.7 Å². The van der Waals surface area contributed by atoms with Crippen molar-refractivity contribution in [3.8, 4) is 0 Å². The molecule has 0 amide bonds. The largest absolute Gasteiger partial charge is 0.356 e. The Kier molecular flexibility index (Phi) is 5.19. The van der Waals surface area contributed by atoms with Crippen LogP contribution in [0.4, 0.5) is 0 Å². The monoisotopic (exact) mass is 314 g/mol. The van der Waals surface area contributed by atoms with Crippen molar-refractivity contribution in [2.24, 2.45) is 10.4 Å². The van der Waals surface area contributed by atoms with E-state index in [1.807, 2.05) is 19.4 Å². The van der Waals surface area contributed by atoms with E-state index in [1.165, 1.54) is 56.2 Å². The summed E-state index contributed by atoms with van der Waals surface area (Å²) in [7, 11) is 1.91. The smallest absolute Gasteiger partial charge is 0.193 e. The van der Waals surface area contributed by atoms with Crippen molar-refractivity contribution in [1.82, 2.24) is 15.2 Å². The molecular weight excluding hydrogens is 284 g/mol. The molecule has 23 heavy (non-hydrogen) atoms. The second-order valence-corrected chi connectivity index (χ2v) is 7.26. The van der Waals surface area contributed by atoms with Crippen LogP contribution >= 0.6 is 0 Å². The maximum atomic E-state index is 4.52. The number of guanidine groups is 1. The molecule has 1 aliphatic heterocycles. The Morgan fingerprint density at radius 3 is 2.87 bits per heavy atom. The van der Waals surface area contributed by atoms with E-state index in [4.69, 9.17) is 0 Å². The van der Waals surface area contributed by atoms with Crippen LogP contribution in [0.15, 0.2) is 23.5 Å². The number of likely N-dealkylation sites (tertiary alicyclic amines) is 1. The molecule has 0 bridgehead atoms. The second-order valence-electron chi connectivity index (χ2n) is 7.26. The van der Waals surface area contributed by atoms with Gasteiger partial charge in [0.2, 0.25) is 0 Å². The van der Waals surface area contributed by atoms with Crippen molar-refractivity contribution in [3.05, 3.63) is 29.6 Å². The predicted octanol–water partition coefficient (Wildman–Crippen LogP) is 3.16. The minimum atomic E-state index is 0.581. The van der Waals surface area contributed by atoms with E-state index in [0.717, 1.165) is 25.5 Å². The number of nitrogens with one attached hydrogen (secondary N) is 1. The van der Waals surface area contributed by atoms with Crippen LogP contribution in [0.2, 0.25) is 0 Å². The number of rotatable bonds is 3. The summed E-state index contributed by atoms with van der Waals surface area (Å²) in [5, 5.41) is 3.56. The normalized spacial score (nSPS) is 21.0. The van der Waals surface area contributed by atoms with Crippen molar-refractivity contribution in [2.45, 2.75) is 51.9 Å². The second kappa shape index (κ2) is 7.33. The molecule has 2 aliphatic rings. The van der Waals surface area contributed by atoms with Crippen molar-refractivity contribution in [2.75, 3.05) is 26.7 Å². The molecule has 2 heterocycles. The fraction of sp³-hybridized carbons (Fsp3) is 0.684.